The second kappa shape index (κ2) is 10.4. The van der Waals surface area contributed by atoms with Crippen LogP contribution < -0.4 is 29.2 Å². The molecule has 1 fully saturated rings. The number of ether oxygens (including phenoxy) is 4. The average Bonchev–Trinajstić information content (AvgIpc) is 3.38. The van der Waals surface area contributed by atoms with E-state index in [1.807, 2.05) is 30.3 Å². The average molecular weight is 467 g/mol. The van der Waals surface area contributed by atoms with Gasteiger partial charge >= 0.3 is 0 Å². The Morgan fingerprint density at radius 3 is 2.32 bits per heavy atom. The number of piperidine rings is 1. The van der Waals surface area contributed by atoms with Gasteiger partial charge in [0, 0.05) is 30.8 Å². The zero-order valence-corrected chi connectivity index (χ0v) is 19.9. The van der Waals surface area contributed by atoms with Crippen LogP contribution in [0.15, 0.2) is 42.5 Å². The topological polar surface area (TPSA) is 97.9 Å². The highest BCUT2D eigenvalue weighted by molar-refractivity contribution is 5.96. The number of hydrogen-bond acceptors (Lipinski definition) is 7. The van der Waals surface area contributed by atoms with Gasteiger partial charge in [-0.1, -0.05) is 0 Å². The van der Waals surface area contributed by atoms with Crippen LogP contribution in [0.4, 0.5) is 5.82 Å². The van der Waals surface area contributed by atoms with Crippen molar-refractivity contribution in [3.05, 3.63) is 48.0 Å². The number of hydrogen-bond donors (Lipinski definition) is 2. The van der Waals surface area contributed by atoms with Gasteiger partial charge in [0.15, 0.2) is 17.3 Å². The molecule has 2 N–H and O–H groups in total. The van der Waals surface area contributed by atoms with Gasteiger partial charge in [0.1, 0.15) is 5.75 Å². The van der Waals surface area contributed by atoms with Gasteiger partial charge in [0.25, 0.3) is 5.91 Å². The molecule has 1 atom stereocenters. The summed E-state index contributed by atoms with van der Waals surface area (Å²) in [4.78, 5) is 15.2. The minimum Gasteiger partial charge on any atom is -0.497 e. The Morgan fingerprint density at radius 2 is 1.71 bits per heavy atom. The van der Waals surface area contributed by atoms with E-state index in [4.69, 9.17) is 18.9 Å². The van der Waals surface area contributed by atoms with E-state index in [1.54, 1.807) is 19.2 Å². The number of rotatable bonds is 8. The summed E-state index contributed by atoms with van der Waals surface area (Å²) < 4.78 is 21.3. The maximum Gasteiger partial charge on any atom is 0.251 e. The van der Waals surface area contributed by atoms with Gasteiger partial charge in [-0.25, -0.2) is 0 Å². The minimum atomic E-state index is -0.188. The molecule has 0 unspecified atom stereocenters. The highest BCUT2D eigenvalue weighted by Gasteiger charge is 2.25. The molecule has 1 amide bonds. The van der Waals surface area contributed by atoms with E-state index >= 15 is 0 Å². The lowest BCUT2D eigenvalue weighted by molar-refractivity contribution is 0.0932. The van der Waals surface area contributed by atoms with Gasteiger partial charge in [-0.3, -0.25) is 9.89 Å². The summed E-state index contributed by atoms with van der Waals surface area (Å²) in [5.74, 6) is 2.83. The first-order valence-corrected chi connectivity index (χ1v) is 11.1. The molecule has 9 heteroatoms. The monoisotopic (exact) mass is 466 g/mol. The highest BCUT2D eigenvalue weighted by atomic mass is 16.5. The molecule has 34 heavy (non-hydrogen) atoms. The van der Waals surface area contributed by atoms with Gasteiger partial charge in [-0.15, -0.1) is 0 Å². The van der Waals surface area contributed by atoms with E-state index in [0.29, 0.717) is 29.4 Å². The minimum absolute atomic E-state index is 0.0125. The Labute approximate surface area is 199 Å². The van der Waals surface area contributed by atoms with Crippen molar-refractivity contribution in [1.29, 1.82) is 0 Å². The summed E-state index contributed by atoms with van der Waals surface area (Å²) in [5, 5.41) is 10.8. The third-order valence-electron chi connectivity index (χ3n) is 5.97. The van der Waals surface area contributed by atoms with E-state index in [9.17, 15) is 4.79 Å². The summed E-state index contributed by atoms with van der Waals surface area (Å²) >= 11 is 0. The molecule has 1 saturated heterocycles. The van der Waals surface area contributed by atoms with Crippen molar-refractivity contribution in [3.63, 3.8) is 0 Å². The number of carbonyl (C=O) groups is 1. The van der Waals surface area contributed by atoms with Crippen molar-refractivity contribution < 1.29 is 23.7 Å². The van der Waals surface area contributed by atoms with Crippen LogP contribution in [0.5, 0.6) is 23.0 Å². The molecule has 1 aliphatic heterocycles. The number of benzene rings is 2. The normalized spacial score (nSPS) is 15.5. The summed E-state index contributed by atoms with van der Waals surface area (Å²) in [7, 11) is 6.24. The van der Waals surface area contributed by atoms with Crippen molar-refractivity contribution in [1.82, 2.24) is 15.5 Å². The third kappa shape index (κ3) is 4.88. The Kier molecular flexibility index (Phi) is 7.10. The maximum atomic E-state index is 13.0. The fraction of sp³-hybridized carbons (Fsp3) is 0.360. The Balaban J connectivity index is 1.44. The quantitative estimate of drug-likeness (QED) is 0.524. The van der Waals surface area contributed by atoms with Crippen molar-refractivity contribution in [3.8, 4) is 34.3 Å². The van der Waals surface area contributed by atoms with E-state index in [0.717, 1.165) is 42.2 Å². The largest absolute Gasteiger partial charge is 0.497 e. The van der Waals surface area contributed by atoms with Crippen LogP contribution in [0.2, 0.25) is 0 Å². The molecule has 2 aromatic carbocycles. The Morgan fingerprint density at radius 1 is 1.00 bits per heavy atom. The van der Waals surface area contributed by atoms with Crippen LogP contribution in [0, 0.1) is 0 Å². The maximum absolute atomic E-state index is 13.0. The molecule has 1 aromatic heterocycles. The summed E-state index contributed by atoms with van der Waals surface area (Å²) in [6.07, 6.45) is 1.84. The van der Waals surface area contributed by atoms with Gasteiger partial charge in [-0.2, -0.15) is 5.10 Å². The van der Waals surface area contributed by atoms with Crippen LogP contribution in [0.25, 0.3) is 11.3 Å². The highest BCUT2D eigenvalue weighted by Crippen LogP contribution is 2.38. The first kappa shape index (κ1) is 23.3. The standard InChI is InChI=1S/C25H30N4O5/c1-31-19-9-7-16(8-10-19)20-14-23(28-27-20)29-11-5-6-18(15-29)26-25(30)17-12-21(32-2)24(34-4)22(13-17)33-3/h7-10,12-14,18H,5-6,11,15H2,1-4H3,(H,26,30)(H,27,28)/t18-/m0/s1. The third-order valence-corrected chi connectivity index (χ3v) is 5.97. The fourth-order valence-corrected chi connectivity index (χ4v) is 4.18. The number of nitrogens with one attached hydrogen (secondary N) is 2. The smallest absolute Gasteiger partial charge is 0.251 e. The van der Waals surface area contributed by atoms with Crippen molar-refractivity contribution >= 4 is 11.7 Å². The zero-order valence-electron chi connectivity index (χ0n) is 19.9. The molecular formula is C25H30N4O5. The molecule has 9 nitrogen and oxygen atoms in total. The molecule has 180 valence electrons. The van der Waals surface area contributed by atoms with Gasteiger partial charge in [-0.05, 0) is 54.8 Å². The lowest BCUT2D eigenvalue weighted by Gasteiger charge is -2.33. The predicted molar refractivity (Wildman–Crippen MR) is 129 cm³/mol. The number of carbonyl (C=O) groups excluding carboxylic acids is 1. The molecule has 3 aromatic rings. The second-order valence-electron chi connectivity index (χ2n) is 8.04. The molecule has 0 aliphatic carbocycles. The van der Waals surface area contributed by atoms with Crippen LogP contribution in [-0.2, 0) is 0 Å². The molecule has 1 aliphatic rings. The number of amides is 1. The molecule has 0 saturated carbocycles. The van der Waals surface area contributed by atoms with Crippen molar-refractivity contribution in [2.45, 2.75) is 18.9 Å². The molecule has 0 radical (unpaired) electrons. The fourth-order valence-electron chi connectivity index (χ4n) is 4.18. The van der Waals surface area contributed by atoms with Crippen LogP contribution in [0.3, 0.4) is 0 Å². The Bertz CT molecular complexity index is 1100. The molecule has 0 bridgehead atoms. The zero-order chi connectivity index (χ0) is 24.1. The number of aromatic amines is 1. The van der Waals surface area contributed by atoms with Gasteiger partial charge in [0.2, 0.25) is 5.75 Å². The lowest BCUT2D eigenvalue weighted by atomic mass is 10.0. The SMILES string of the molecule is COc1ccc(-c2cc(N3CCC[C@H](NC(=O)c4cc(OC)c(OC)c(OC)c4)C3)n[nH]2)cc1. The van der Waals surface area contributed by atoms with Crippen molar-refractivity contribution in [2.75, 3.05) is 46.4 Å². The Hall–Kier alpha value is -3.88. The van der Waals surface area contributed by atoms with E-state index in [1.165, 1.54) is 21.3 Å². The number of anilines is 1. The number of methoxy groups -OCH3 is 4. The van der Waals surface area contributed by atoms with Crippen LogP contribution in [-0.4, -0.2) is 63.7 Å². The van der Waals surface area contributed by atoms with E-state index in [2.05, 4.69) is 20.4 Å². The van der Waals surface area contributed by atoms with E-state index < -0.39 is 0 Å². The number of H-pyrrole nitrogens is 1. The molecule has 4 rings (SSSR count). The van der Waals surface area contributed by atoms with Crippen LogP contribution >= 0.6 is 0 Å². The number of nitrogens with zero attached hydrogens (tertiary/aromatic N) is 2. The van der Waals surface area contributed by atoms with Crippen molar-refractivity contribution in [2.24, 2.45) is 0 Å². The summed E-state index contributed by atoms with van der Waals surface area (Å²) in [6, 6.07) is 13.2. The van der Waals surface area contributed by atoms with E-state index in [-0.39, 0.29) is 11.9 Å². The van der Waals surface area contributed by atoms with Gasteiger partial charge < -0.3 is 29.2 Å². The molecular weight excluding hydrogens is 436 g/mol. The molecule has 0 spiro atoms. The van der Waals surface area contributed by atoms with Gasteiger partial charge in [0.05, 0.1) is 34.1 Å². The first-order valence-electron chi connectivity index (χ1n) is 11.1. The van der Waals surface area contributed by atoms with Crippen LogP contribution in [0.1, 0.15) is 23.2 Å². The summed E-state index contributed by atoms with van der Waals surface area (Å²) in [5.41, 5.74) is 2.42. The summed E-state index contributed by atoms with van der Waals surface area (Å²) in [6.45, 7) is 1.55. The number of aromatic nitrogens is 2. The molecule has 2 heterocycles. The predicted octanol–water partition coefficient (Wildman–Crippen LogP) is 3.51. The first-order chi connectivity index (χ1) is 16.6. The second-order valence-corrected chi connectivity index (χ2v) is 8.04. The lowest BCUT2D eigenvalue weighted by Crippen LogP contribution is -2.48.